The van der Waals surface area contributed by atoms with E-state index in [1.54, 1.807) is 11.8 Å². The molecule has 3 rings (SSSR count). The van der Waals surface area contributed by atoms with Gasteiger partial charge in [0.1, 0.15) is 0 Å². The first kappa shape index (κ1) is 21.4. The van der Waals surface area contributed by atoms with Crippen LogP contribution in [0.25, 0.3) is 0 Å². The molecule has 0 saturated carbocycles. The zero-order valence-electron chi connectivity index (χ0n) is 17.4. The lowest BCUT2D eigenvalue weighted by molar-refractivity contribution is -0.138. The molecular formula is C24H30N2O2S. The summed E-state index contributed by atoms with van der Waals surface area (Å²) in [6.45, 7) is 6.71. The van der Waals surface area contributed by atoms with Gasteiger partial charge in [0.25, 0.3) is 0 Å². The fourth-order valence-electron chi connectivity index (χ4n) is 3.55. The third-order valence-electron chi connectivity index (χ3n) is 5.38. The average Bonchev–Trinajstić information content (AvgIpc) is 2.75. The molecule has 1 heterocycles. The number of aryl methyl sites for hydroxylation is 3. The fourth-order valence-corrected chi connectivity index (χ4v) is 4.57. The summed E-state index contributed by atoms with van der Waals surface area (Å²) in [4.78, 5) is 30.0. The maximum Gasteiger partial charge on any atom is 0.233 e. The van der Waals surface area contributed by atoms with E-state index in [0.29, 0.717) is 38.4 Å². The number of amides is 2. The van der Waals surface area contributed by atoms with Crippen molar-refractivity contribution in [2.75, 3.05) is 31.9 Å². The Kier molecular flexibility index (Phi) is 7.76. The maximum atomic E-state index is 12.6. The number of piperazine rings is 1. The Morgan fingerprint density at radius 3 is 2.24 bits per heavy atom. The molecule has 0 unspecified atom stereocenters. The minimum absolute atomic E-state index is 0.159. The highest BCUT2D eigenvalue weighted by molar-refractivity contribution is 8.00. The second-order valence-electron chi connectivity index (χ2n) is 7.66. The van der Waals surface area contributed by atoms with Gasteiger partial charge in [-0.3, -0.25) is 9.59 Å². The molecule has 1 saturated heterocycles. The van der Waals surface area contributed by atoms with Crippen molar-refractivity contribution < 1.29 is 9.59 Å². The van der Waals surface area contributed by atoms with Crippen LogP contribution in [0.1, 0.15) is 29.5 Å². The van der Waals surface area contributed by atoms with Gasteiger partial charge < -0.3 is 9.80 Å². The van der Waals surface area contributed by atoms with E-state index in [0.717, 1.165) is 12.8 Å². The van der Waals surface area contributed by atoms with Crippen LogP contribution in [0.2, 0.25) is 0 Å². The van der Waals surface area contributed by atoms with Crippen LogP contribution in [-0.2, 0) is 16.0 Å². The minimum Gasteiger partial charge on any atom is -0.339 e. The van der Waals surface area contributed by atoms with E-state index in [4.69, 9.17) is 0 Å². The van der Waals surface area contributed by atoms with Gasteiger partial charge in [0, 0.05) is 37.5 Å². The molecule has 4 nitrogen and oxygen atoms in total. The number of carbonyl (C=O) groups is 2. The van der Waals surface area contributed by atoms with E-state index in [1.165, 1.54) is 21.6 Å². The predicted molar refractivity (Wildman–Crippen MR) is 119 cm³/mol. The summed E-state index contributed by atoms with van der Waals surface area (Å²) >= 11 is 1.61. The van der Waals surface area contributed by atoms with Gasteiger partial charge >= 0.3 is 0 Å². The quantitative estimate of drug-likeness (QED) is 0.646. The van der Waals surface area contributed by atoms with E-state index in [2.05, 4.69) is 44.2 Å². The van der Waals surface area contributed by atoms with Gasteiger partial charge in [-0.2, -0.15) is 0 Å². The van der Waals surface area contributed by atoms with Crippen molar-refractivity contribution in [1.82, 2.24) is 9.80 Å². The molecule has 1 fully saturated rings. The zero-order chi connectivity index (χ0) is 20.6. The van der Waals surface area contributed by atoms with Crippen LogP contribution in [0.5, 0.6) is 0 Å². The Balaban J connectivity index is 1.38. The molecule has 2 aromatic carbocycles. The monoisotopic (exact) mass is 410 g/mol. The number of benzene rings is 2. The number of rotatable bonds is 7. The van der Waals surface area contributed by atoms with Gasteiger partial charge in [-0.1, -0.05) is 48.0 Å². The Morgan fingerprint density at radius 1 is 0.897 bits per heavy atom. The van der Waals surface area contributed by atoms with Gasteiger partial charge in [0.2, 0.25) is 11.8 Å². The van der Waals surface area contributed by atoms with Crippen molar-refractivity contribution >= 4 is 23.6 Å². The van der Waals surface area contributed by atoms with E-state index in [9.17, 15) is 9.59 Å². The molecule has 0 atom stereocenters. The van der Waals surface area contributed by atoms with Crippen LogP contribution >= 0.6 is 11.8 Å². The summed E-state index contributed by atoms with van der Waals surface area (Å²) < 4.78 is 0. The molecule has 0 aromatic heterocycles. The first-order valence-electron chi connectivity index (χ1n) is 10.3. The topological polar surface area (TPSA) is 40.6 Å². The molecule has 0 aliphatic carbocycles. The largest absolute Gasteiger partial charge is 0.339 e. The minimum atomic E-state index is 0.159. The number of hydrogen-bond acceptors (Lipinski definition) is 3. The highest BCUT2D eigenvalue weighted by Crippen LogP contribution is 2.24. The van der Waals surface area contributed by atoms with E-state index in [-0.39, 0.29) is 11.8 Å². The molecule has 154 valence electrons. The summed E-state index contributed by atoms with van der Waals surface area (Å²) in [6.07, 6.45) is 2.38. The number of nitrogens with zero attached hydrogens (tertiary/aromatic N) is 2. The number of thioether (sulfide) groups is 1. The van der Waals surface area contributed by atoms with Crippen molar-refractivity contribution in [2.24, 2.45) is 0 Å². The van der Waals surface area contributed by atoms with Gasteiger partial charge in [-0.05, 0) is 43.9 Å². The lowest BCUT2D eigenvalue weighted by atomic mass is 10.1. The number of carbonyl (C=O) groups excluding carboxylic acids is 2. The summed E-state index contributed by atoms with van der Waals surface area (Å²) in [5.41, 5.74) is 3.70. The second kappa shape index (κ2) is 10.5. The highest BCUT2D eigenvalue weighted by atomic mass is 32.2. The van der Waals surface area contributed by atoms with Crippen LogP contribution < -0.4 is 0 Å². The molecule has 0 spiro atoms. The van der Waals surface area contributed by atoms with Crippen molar-refractivity contribution in [1.29, 1.82) is 0 Å². The van der Waals surface area contributed by atoms with Crippen LogP contribution in [0, 0.1) is 13.8 Å². The van der Waals surface area contributed by atoms with Crippen LogP contribution in [0.15, 0.2) is 53.4 Å². The van der Waals surface area contributed by atoms with Crippen LogP contribution in [0.3, 0.4) is 0 Å². The molecule has 5 heteroatoms. The Morgan fingerprint density at radius 2 is 1.55 bits per heavy atom. The summed E-state index contributed by atoms with van der Waals surface area (Å²) in [6, 6.07) is 16.6. The average molecular weight is 411 g/mol. The Bertz CT molecular complexity index is 830. The third kappa shape index (κ3) is 6.36. The first-order chi connectivity index (χ1) is 14.0. The standard InChI is InChI=1S/C24H30N2O2S/c1-19-11-12-20(2)22(17-19)29-18-24(28)26-15-13-25(14-16-26)23(27)10-6-9-21-7-4-3-5-8-21/h3-5,7-8,11-12,17H,6,9-10,13-16,18H2,1-2H3. The molecule has 1 aliphatic heterocycles. The zero-order valence-corrected chi connectivity index (χ0v) is 18.2. The second-order valence-corrected chi connectivity index (χ2v) is 8.68. The summed E-state index contributed by atoms with van der Waals surface area (Å²) in [7, 11) is 0. The van der Waals surface area contributed by atoms with E-state index >= 15 is 0 Å². The van der Waals surface area contributed by atoms with Gasteiger partial charge in [-0.15, -0.1) is 11.8 Å². The lowest BCUT2D eigenvalue weighted by Crippen LogP contribution is -2.51. The van der Waals surface area contributed by atoms with Crippen molar-refractivity contribution in [3.8, 4) is 0 Å². The van der Waals surface area contributed by atoms with Crippen LogP contribution in [0.4, 0.5) is 0 Å². The molecule has 0 bridgehead atoms. The normalized spacial score (nSPS) is 14.1. The maximum absolute atomic E-state index is 12.6. The summed E-state index contributed by atoms with van der Waals surface area (Å²) in [5, 5.41) is 0. The van der Waals surface area contributed by atoms with Crippen molar-refractivity contribution in [2.45, 2.75) is 38.0 Å². The Hall–Kier alpha value is -2.27. The SMILES string of the molecule is Cc1ccc(C)c(SCC(=O)N2CCN(C(=O)CCCc3ccccc3)CC2)c1. The van der Waals surface area contributed by atoms with Crippen LogP contribution in [-0.4, -0.2) is 53.5 Å². The third-order valence-corrected chi connectivity index (χ3v) is 6.52. The molecule has 0 N–H and O–H groups in total. The van der Waals surface area contributed by atoms with Gasteiger partial charge in [0.05, 0.1) is 5.75 Å². The first-order valence-corrected chi connectivity index (χ1v) is 11.3. The molecular weight excluding hydrogens is 380 g/mol. The van der Waals surface area contributed by atoms with Gasteiger partial charge in [0.15, 0.2) is 0 Å². The Labute approximate surface area is 178 Å². The van der Waals surface area contributed by atoms with Gasteiger partial charge in [-0.25, -0.2) is 0 Å². The predicted octanol–water partition coefficient (Wildman–Crippen LogP) is 4.09. The molecule has 1 aliphatic rings. The smallest absolute Gasteiger partial charge is 0.233 e. The summed E-state index contributed by atoms with van der Waals surface area (Å²) in [5.74, 6) is 0.819. The van der Waals surface area contributed by atoms with E-state index in [1.807, 2.05) is 28.0 Å². The molecule has 29 heavy (non-hydrogen) atoms. The molecule has 2 aromatic rings. The molecule has 0 radical (unpaired) electrons. The molecule has 2 amide bonds. The lowest BCUT2D eigenvalue weighted by Gasteiger charge is -2.35. The fraction of sp³-hybridized carbons (Fsp3) is 0.417. The van der Waals surface area contributed by atoms with Crippen molar-refractivity contribution in [3.05, 3.63) is 65.2 Å². The van der Waals surface area contributed by atoms with E-state index < -0.39 is 0 Å². The number of hydrogen-bond donors (Lipinski definition) is 0. The van der Waals surface area contributed by atoms with Crippen molar-refractivity contribution in [3.63, 3.8) is 0 Å². The highest BCUT2D eigenvalue weighted by Gasteiger charge is 2.23.